The summed E-state index contributed by atoms with van der Waals surface area (Å²) in [5, 5.41) is 0.792. The van der Waals surface area contributed by atoms with Crippen LogP contribution in [-0.4, -0.2) is 5.88 Å². The van der Waals surface area contributed by atoms with Gasteiger partial charge in [0.05, 0.1) is 0 Å². The normalized spacial score (nSPS) is 12.3. The lowest BCUT2D eigenvalue weighted by Gasteiger charge is -2.14. The van der Waals surface area contributed by atoms with Gasteiger partial charge in [-0.1, -0.05) is 54.1 Å². The second-order valence-corrected chi connectivity index (χ2v) is 5.29. The van der Waals surface area contributed by atoms with Gasteiger partial charge in [-0.05, 0) is 42.0 Å². The summed E-state index contributed by atoms with van der Waals surface area (Å²) in [6, 6.07) is 18.5. The van der Waals surface area contributed by atoms with Gasteiger partial charge < -0.3 is 0 Å². The Labute approximate surface area is 119 Å². The third-order valence-electron chi connectivity index (χ3n) is 3.00. The van der Waals surface area contributed by atoms with Gasteiger partial charge in [0.2, 0.25) is 0 Å². The summed E-state index contributed by atoms with van der Waals surface area (Å²) in [5.74, 6) is 1.12. The molecular formula is C16H16Cl2. The van der Waals surface area contributed by atoms with Crippen molar-refractivity contribution in [2.24, 2.45) is 5.92 Å². The molecule has 0 radical (unpaired) electrons. The second kappa shape index (κ2) is 6.82. The highest BCUT2D eigenvalue weighted by Crippen LogP contribution is 2.18. The average molecular weight is 279 g/mol. The largest absolute Gasteiger partial charge is 0.126 e. The minimum absolute atomic E-state index is 0.451. The van der Waals surface area contributed by atoms with E-state index in [-0.39, 0.29) is 0 Å². The van der Waals surface area contributed by atoms with E-state index >= 15 is 0 Å². The van der Waals surface area contributed by atoms with E-state index in [9.17, 15) is 0 Å². The highest BCUT2D eigenvalue weighted by atomic mass is 35.5. The molecule has 0 spiro atoms. The molecule has 2 aromatic rings. The number of hydrogen-bond acceptors (Lipinski definition) is 0. The molecule has 0 saturated carbocycles. The molecule has 1 atom stereocenters. The molecule has 18 heavy (non-hydrogen) atoms. The predicted molar refractivity (Wildman–Crippen MR) is 79.5 cm³/mol. The molecule has 0 aliphatic rings. The monoisotopic (exact) mass is 278 g/mol. The summed E-state index contributed by atoms with van der Waals surface area (Å²) in [6.07, 6.45) is 1.98. The van der Waals surface area contributed by atoms with Crippen LogP contribution >= 0.6 is 23.2 Å². The van der Waals surface area contributed by atoms with Gasteiger partial charge in [-0.2, -0.15) is 0 Å². The van der Waals surface area contributed by atoms with E-state index in [0.717, 1.165) is 17.9 Å². The van der Waals surface area contributed by atoms with E-state index in [1.165, 1.54) is 11.1 Å². The van der Waals surface area contributed by atoms with Crippen LogP contribution in [0.25, 0.3) is 0 Å². The molecule has 0 aliphatic carbocycles. The minimum Gasteiger partial charge on any atom is -0.126 e. The zero-order chi connectivity index (χ0) is 12.8. The van der Waals surface area contributed by atoms with Crippen molar-refractivity contribution in [2.45, 2.75) is 12.8 Å². The van der Waals surface area contributed by atoms with Crippen LogP contribution < -0.4 is 0 Å². The number of rotatable bonds is 5. The molecule has 0 fully saturated rings. The third-order valence-corrected chi connectivity index (χ3v) is 3.67. The van der Waals surface area contributed by atoms with Crippen molar-refractivity contribution in [1.82, 2.24) is 0 Å². The Balaban J connectivity index is 2.01. The standard InChI is InChI=1S/C16H16Cl2/c17-12-15(9-13-5-2-1-3-6-13)10-14-7-4-8-16(18)11-14/h1-8,11,15H,9-10,12H2. The van der Waals surface area contributed by atoms with E-state index in [1.54, 1.807) is 0 Å². The van der Waals surface area contributed by atoms with Gasteiger partial charge in [0.1, 0.15) is 0 Å². The Morgan fingerprint density at radius 1 is 0.833 bits per heavy atom. The van der Waals surface area contributed by atoms with Crippen molar-refractivity contribution in [2.75, 3.05) is 5.88 Å². The molecule has 0 N–H and O–H groups in total. The van der Waals surface area contributed by atoms with E-state index < -0.39 is 0 Å². The molecule has 0 saturated heterocycles. The highest BCUT2D eigenvalue weighted by molar-refractivity contribution is 6.30. The van der Waals surface area contributed by atoms with Gasteiger partial charge >= 0.3 is 0 Å². The van der Waals surface area contributed by atoms with Crippen molar-refractivity contribution in [3.05, 3.63) is 70.7 Å². The maximum Gasteiger partial charge on any atom is 0.0408 e. The van der Waals surface area contributed by atoms with E-state index in [1.807, 2.05) is 24.3 Å². The Kier molecular flexibility index (Phi) is 5.10. The summed E-state index contributed by atoms with van der Waals surface area (Å²) in [4.78, 5) is 0. The lowest BCUT2D eigenvalue weighted by atomic mass is 9.94. The molecule has 0 heterocycles. The molecule has 0 amide bonds. The van der Waals surface area contributed by atoms with Gasteiger partial charge in [-0.25, -0.2) is 0 Å². The van der Waals surface area contributed by atoms with Gasteiger partial charge in [0.15, 0.2) is 0 Å². The smallest absolute Gasteiger partial charge is 0.0408 e. The van der Waals surface area contributed by atoms with Crippen LogP contribution in [0.1, 0.15) is 11.1 Å². The summed E-state index contributed by atoms with van der Waals surface area (Å²) in [7, 11) is 0. The van der Waals surface area contributed by atoms with Crippen LogP contribution in [0, 0.1) is 5.92 Å². The average Bonchev–Trinajstić information content (AvgIpc) is 2.39. The first-order valence-corrected chi connectivity index (χ1v) is 7.03. The second-order valence-electron chi connectivity index (χ2n) is 4.54. The summed E-state index contributed by atoms with van der Waals surface area (Å²) in [5.41, 5.74) is 2.59. The Morgan fingerprint density at radius 2 is 1.50 bits per heavy atom. The van der Waals surface area contributed by atoms with Crippen LogP contribution in [0.5, 0.6) is 0 Å². The fourth-order valence-electron chi connectivity index (χ4n) is 2.13. The van der Waals surface area contributed by atoms with Crippen LogP contribution in [-0.2, 0) is 12.8 Å². The number of hydrogen-bond donors (Lipinski definition) is 0. The molecule has 2 rings (SSSR count). The van der Waals surface area contributed by atoms with Gasteiger partial charge in [0.25, 0.3) is 0 Å². The summed E-state index contributed by atoms with van der Waals surface area (Å²) >= 11 is 12.1. The Morgan fingerprint density at radius 3 is 2.17 bits per heavy atom. The number of halogens is 2. The van der Waals surface area contributed by atoms with Crippen LogP contribution in [0.4, 0.5) is 0 Å². The maximum absolute atomic E-state index is 6.07. The number of alkyl halides is 1. The van der Waals surface area contributed by atoms with Crippen LogP contribution in [0.15, 0.2) is 54.6 Å². The zero-order valence-corrected chi connectivity index (χ0v) is 11.7. The molecule has 2 aromatic carbocycles. The molecule has 2 heteroatoms. The van der Waals surface area contributed by atoms with Crippen molar-refractivity contribution in [3.8, 4) is 0 Å². The molecule has 0 nitrogen and oxygen atoms in total. The van der Waals surface area contributed by atoms with Gasteiger partial charge in [0, 0.05) is 10.9 Å². The maximum atomic E-state index is 6.07. The van der Waals surface area contributed by atoms with E-state index in [4.69, 9.17) is 23.2 Å². The van der Waals surface area contributed by atoms with E-state index in [0.29, 0.717) is 11.8 Å². The zero-order valence-electron chi connectivity index (χ0n) is 10.2. The van der Waals surface area contributed by atoms with Gasteiger partial charge in [-0.15, -0.1) is 11.6 Å². The van der Waals surface area contributed by atoms with Crippen molar-refractivity contribution in [1.29, 1.82) is 0 Å². The molecule has 0 bridgehead atoms. The molecular weight excluding hydrogens is 263 g/mol. The minimum atomic E-state index is 0.451. The fraction of sp³-hybridized carbons (Fsp3) is 0.250. The fourth-order valence-corrected chi connectivity index (χ4v) is 2.56. The Bertz CT molecular complexity index is 479. The summed E-state index contributed by atoms with van der Waals surface area (Å²) in [6.45, 7) is 0. The molecule has 94 valence electrons. The lowest BCUT2D eigenvalue weighted by Crippen LogP contribution is -2.10. The van der Waals surface area contributed by atoms with Crippen molar-refractivity contribution >= 4 is 23.2 Å². The molecule has 0 aliphatic heterocycles. The molecule has 1 unspecified atom stereocenters. The van der Waals surface area contributed by atoms with Crippen molar-refractivity contribution < 1.29 is 0 Å². The molecule has 0 aromatic heterocycles. The Hall–Kier alpha value is -0.980. The first-order chi connectivity index (χ1) is 8.78. The first kappa shape index (κ1) is 13.5. The third kappa shape index (κ3) is 4.04. The highest BCUT2D eigenvalue weighted by Gasteiger charge is 2.09. The lowest BCUT2D eigenvalue weighted by molar-refractivity contribution is 0.584. The topological polar surface area (TPSA) is 0 Å². The first-order valence-electron chi connectivity index (χ1n) is 6.12. The van der Waals surface area contributed by atoms with Crippen LogP contribution in [0.3, 0.4) is 0 Å². The van der Waals surface area contributed by atoms with E-state index in [2.05, 4.69) is 30.3 Å². The van der Waals surface area contributed by atoms with Gasteiger partial charge in [-0.3, -0.25) is 0 Å². The van der Waals surface area contributed by atoms with Crippen LogP contribution in [0.2, 0.25) is 5.02 Å². The SMILES string of the molecule is ClCC(Cc1ccccc1)Cc1cccc(Cl)c1. The quantitative estimate of drug-likeness (QED) is 0.677. The predicted octanol–water partition coefficient (Wildman–Crippen LogP) is 4.98. The van der Waals surface area contributed by atoms with Crippen molar-refractivity contribution in [3.63, 3.8) is 0 Å². The number of benzene rings is 2. The summed E-state index contributed by atoms with van der Waals surface area (Å²) < 4.78 is 0.